The first kappa shape index (κ1) is 35.2. The zero-order valence-electron chi connectivity index (χ0n) is 26.5. The maximum Gasteiger partial charge on any atom is 0.531 e. The van der Waals surface area contributed by atoms with Crippen molar-refractivity contribution >= 4 is 23.6 Å². The van der Waals surface area contributed by atoms with E-state index >= 15 is 0 Å². The van der Waals surface area contributed by atoms with E-state index in [-0.39, 0.29) is 6.42 Å². The minimum atomic E-state index is -3.92. The summed E-state index contributed by atoms with van der Waals surface area (Å²) in [6.07, 6.45) is 3.40. The van der Waals surface area contributed by atoms with Gasteiger partial charge in [-0.3, -0.25) is 13.8 Å². The summed E-state index contributed by atoms with van der Waals surface area (Å²) in [6, 6.07) is 14.7. The summed E-state index contributed by atoms with van der Waals surface area (Å²) in [4.78, 5) is 18.3. The van der Waals surface area contributed by atoms with E-state index in [2.05, 4.69) is 5.48 Å². The van der Waals surface area contributed by atoms with Gasteiger partial charge in [-0.1, -0.05) is 36.4 Å². The number of hydrogen-bond donors (Lipinski definition) is 1. The van der Waals surface area contributed by atoms with Gasteiger partial charge in [0.05, 0.1) is 11.2 Å². The van der Waals surface area contributed by atoms with Gasteiger partial charge in [-0.15, -0.1) is 0 Å². The van der Waals surface area contributed by atoms with Crippen molar-refractivity contribution < 1.29 is 40.9 Å². The number of nitrogens with one attached hydrogen (secondary N) is 1. The molecule has 0 radical (unpaired) electrons. The number of rotatable bonds is 12. The van der Waals surface area contributed by atoms with Crippen LogP contribution in [0.1, 0.15) is 79.7 Å². The van der Waals surface area contributed by atoms with Gasteiger partial charge < -0.3 is 9.26 Å². The average molecular weight is 640 g/mol. The van der Waals surface area contributed by atoms with Crippen molar-refractivity contribution in [2.75, 3.05) is 12.9 Å². The lowest BCUT2D eigenvalue weighted by Gasteiger charge is -2.30. The third-order valence-corrected chi connectivity index (χ3v) is 10.7. The van der Waals surface area contributed by atoms with Crippen molar-refractivity contribution in [3.05, 3.63) is 54.1 Å². The number of aryl methyl sites for hydroxylation is 1. The van der Waals surface area contributed by atoms with Gasteiger partial charge in [0.1, 0.15) is 10.5 Å². The van der Waals surface area contributed by atoms with Crippen LogP contribution in [0, 0.1) is 0 Å². The van der Waals surface area contributed by atoms with Gasteiger partial charge in [0.2, 0.25) is 0 Å². The van der Waals surface area contributed by atoms with E-state index in [1.807, 2.05) is 36.4 Å². The smallest absolute Gasteiger partial charge is 0.404 e. The molecule has 1 aliphatic rings. The van der Waals surface area contributed by atoms with Crippen LogP contribution in [-0.2, 0) is 44.2 Å². The fourth-order valence-corrected chi connectivity index (χ4v) is 6.99. The fraction of sp³-hybridized carbons (Fsp3) is 0.581. The molecule has 0 saturated carbocycles. The molecule has 3 rings (SSSR count). The molecule has 0 spiro atoms. The first-order valence-corrected chi connectivity index (χ1v) is 17.8. The molecule has 1 saturated heterocycles. The summed E-state index contributed by atoms with van der Waals surface area (Å²) in [7, 11) is -7.67. The van der Waals surface area contributed by atoms with Crippen LogP contribution in [0.3, 0.4) is 0 Å². The molecule has 0 bridgehead atoms. The Morgan fingerprint density at radius 2 is 1.44 bits per heavy atom. The second-order valence-electron chi connectivity index (χ2n) is 13.0. The standard InChI is InChI=1S/C31H46NO9PS/c1-29(2,3)40-42(34,41-30(4,5)6)39-26-18-16-25(17-19-26)24-14-12-23(13-15-24)20-21-31(7,43(8,35)36)28(33)32-38-27-11-9-10-22-37-27/h12-19,27H,9-11,20-22H2,1-8H3,(H,32,33)/t27?,31-/m1/s1. The fourth-order valence-electron chi connectivity index (χ4n) is 4.31. The Hall–Kier alpha value is -2.27. The van der Waals surface area contributed by atoms with Crippen LogP contribution in [-0.4, -0.2) is 49.4 Å². The summed E-state index contributed by atoms with van der Waals surface area (Å²) in [5.74, 6) is -0.372. The SMILES string of the molecule is CC(C)(C)OP(=O)(Oc1ccc(-c2ccc(CC[C@](C)(C(=O)NOC3CCCCO3)S(C)(=O)=O)cc2)cc1)OC(C)(C)C. The van der Waals surface area contributed by atoms with Crippen LogP contribution in [0.4, 0.5) is 0 Å². The maximum absolute atomic E-state index is 13.4. The lowest BCUT2D eigenvalue weighted by molar-refractivity contribution is -0.201. The topological polar surface area (TPSA) is 126 Å². The number of carbonyl (C=O) groups excluding carboxylic acids is 1. The Labute approximate surface area is 256 Å². The molecular weight excluding hydrogens is 593 g/mol. The van der Waals surface area contributed by atoms with Crippen LogP contribution in [0.25, 0.3) is 11.1 Å². The van der Waals surface area contributed by atoms with E-state index in [0.29, 0.717) is 25.2 Å². The molecule has 2 aromatic rings. The zero-order valence-corrected chi connectivity index (χ0v) is 28.2. The predicted molar refractivity (Wildman–Crippen MR) is 166 cm³/mol. The quantitative estimate of drug-likeness (QED) is 0.197. The monoisotopic (exact) mass is 639 g/mol. The third-order valence-electron chi connectivity index (χ3n) is 6.74. The molecule has 1 aliphatic heterocycles. The highest BCUT2D eigenvalue weighted by atomic mass is 32.2. The predicted octanol–water partition coefficient (Wildman–Crippen LogP) is 6.78. The second-order valence-corrected chi connectivity index (χ2v) is 16.9. The molecule has 1 heterocycles. The first-order chi connectivity index (χ1) is 19.8. The number of hydroxylamine groups is 1. The summed E-state index contributed by atoms with van der Waals surface area (Å²) < 4.78 is 59.6. The lowest BCUT2D eigenvalue weighted by Crippen LogP contribution is -2.51. The molecule has 1 fully saturated rings. The number of ether oxygens (including phenoxy) is 1. The van der Waals surface area contributed by atoms with Crippen molar-refractivity contribution in [2.45, 2.75) is 103 Å². The van der Waals surface area contributed by atoms with Gasteiger partial charge in [-0.2, -0.15) is 0 Å². The first-order valence-electron chi connectivity index (χ1n) is 14.5. The van der Waals surface area contributed by atoms with Crippen molar-refractivity contribution in [3.63, 3.8) is 0 Å². The number of amides is 1. The maximum atomic E-state index is 13.4. The van der Waals surface area contributed by atoms with Crippen molar-refractivity contribution in [1.29, 1.82) is 0 Å². The summed E-state index contributed by atoms with van der Waals surface area (Å²) in [5.41, 5.74) is 3.51. The number of benzene rings is 2. The molecule has 0 aromatic heterocycles. The van der Waals surface area contributed by atoms with E-state index in [0.717, 1.165) is 35.8 Å². The summed E-state index contributed by atoms with van der Waals surface area (Å²) >= 11 is 0. The van der Waals surface area contributed by atoms with E-state index in [1.165, 1.54) is 6.92 Å². The molecule has 2 atom stereocenters. The summed E-state index contributed by atoms with van der Waals surface area (Å²) in [6.45, 7) is 12.6. The number of hydrogen-bond acceptors (Lipinski definition) is 9. The van der Waals surface area contributed by atoms with E-state index in [4.69, 9.17) is 23.1 Å². The van der Waals surface area contributed by atoms with Crippen LogP contribution in [0.2, 0.25) is 0 Å². The number of phosphoric ester groups is 1. The normalized spacial score (nSPS) is 18.1. The summed E-state index contributed by atoms with van der Waals surface area (Å²) in [5, 5.41) is 0. The van der Waals surface area contributed by atoms with Crippen LogP contribution >= 0.6 is 7.82 Å². The molecular formula is C31H46NO9PS. The Bertz CT molecular complexity index is 1350. The van der Waals surface area contributed by atoms with E-state index < -0.39 is 45.8 Å². The highest BCUT2D eigenvalue weighted by Crippen LogP contribution is 2.55. The molecule has 1 unspecified atom stereocenters. The molecule has 240 valence electrons. The zero-order chi connectivity index (χ0) is 32.1. The number of phosphoric acid groups is 1. The molecule has 10 nitrogen and oxygen atoms in total. The highest BCUT2D eigenvalue weighted by molar-refractivity contribution is 7.92. The van der Waals surface area contributed by atoms with Gasteiger partial charge in [0.15, 0.2) is 16.1 Å². The molecule has 0 aliphatic carbocycles. The Morgan fingerprint density at radius 1 is 0.907 bits per heavy atom. The molecule has 2 aromatic carbocycles. The number of carbonyl (C=O) groups is 1. The van der Waals surface area contributed by atoms with E-state index in [9.17, 15) is 17.8 Å². The average Bonchev–Trinajstić information content (AvgIpc) is 2.88. The Kier molecular flexibility index (Phi) is 11.3. The molecule has 1 N–H and O–H groups in total. The van der Waals surface area contributed by atoms with Gasteiger partial charge in [0.25, 0.3) is 5.91 Å². The Morgan fingerprint density at radius 3 is 1.91 bits per heavy atom. The van der Waals surface area contributed by atoms with E-state index in [1.54, 1.807) is 53.7 Å². The van der Waals surface area contributed by atoms with Crippen molar-refractivity contribution in [1.82, 2.24) is 5.48 Å². The lowest BCUT2D eigenvalue weighted by atomic mass is 9.97. The largest absolute Gasteiger partial charge is 0.531 e. The highest BCUT2D eigenvalue weighted by Gasteiger charge is 2.44. The Balaban J connectivity index is 1.66. The van der Waals surface area contributed by atoms with Gasteiger partial charge in [0, 0.05) is 19.3 Å². The van der Waals surface area contributed by atoms with Crippen molar-refractivity contribution in [3.8, 4) is 16.9 Å². The number of sulfone groups is 1. The molecule has 1 amide bonds. The van der Waals surface area contributed by atoms with Gasteiger partial charge in [-0.25, -0.2) is 23.3 Å². The van der Waals surface area contributed by atoms with Gasteiger partial charge >= 0.3 is 7.82 Å². The third kappa shape index (κ3) is 10.7. The molecule has 43 heavy (non-hydrogen) atoms. The van der Waals surface area contributed by atoms with Gasteiger partial charge in [-0.05, 0) is 103 Å². The van der Waals surface area contributed by atoms with Crippen molar-refractivity contribution in [2.24, 2.45) is 0 Å². The minimum absolute atomic E-state index is 0.0747. The van der Waals surface area contributed by atoms with Crippen LogP contribution < -0.4 is 10.0 Å². The van der Waals surface area contributed by atoms with Crippen LogP contribution in [0.15, 0.2) is 48.5 Å². The van der Waals surface area contributed by atoms with Crippen LogP contribution in [0.5, 0.6) is 5.75 Å². The minimum Gasteiger partial charge on any atom is -0.404 e. The molecule has 12 heteroatoms. The second kappa shape index (κ2) is 13.8.